The Morgan fingerprint density at radius 2 is 2.19 bits per heavy atom. The molecule has 0 unspecified atom stereocenters. The third-order valence-electron chi connectivity index (χ3n) is 2.51. The van der Waals surface area contributed by atoms with E-state index in [0.717, 1.165) is 23.1 Å². The van der Waals surface area contributed by atoms with Gasteiger partial charge in [0.15, 0.2) is 0 Å². The van der Waals surface area contributed by atoms with Crippen molar-refractivity contribution >= 4 is 22.0 Å². The standard InChI is InChI=1S/C11H14BrN3O/c12-10-4-2-1-3-8(10)5-14-11(16)15-9-6-13-7-9/h1-4,9,13H,5-7H2,(H2,14,15,16). The second-order valence-electron chi connectivity index (χ2n) is 3.77. The quantitative estimate of drug-likeness (QED) is 0.781. The molecule has 4 nitrogen and oxygen atoms in total. The molecule has 1 aromatic rings. The van der Waals surface area contributed by atoms with Crippen LogP contribution in [0.4, 0.5) is 4.79 Å². The molecule has 0 atom stereocenters. The van der Waals surface area contributed by atoms with Gasteiger partial charge in [0.25, 0.3) is 0 Å². The largest absolute Gasteiger partial charge is 0.334 e. The molecule has 1 aromatic carbocycles. The second kappa shape index (κ2) is 5.32. The van der Waals surface area contributed by atoms with Gasteiger partial charge in [0.05, 0.1) is 6.04 Å². The van der Waals surface area contributed by atoms with E-state index in [0.29, 0.717) is 6.54 Å². The van der Waals surface area contributed by atoms with Crippen LogP contribution in [0.5, 0.6) is 0 Å². The number of hydrogen-bond donors (Lipinski definition) is 3. The van der Waals surface area contributed by atoms with Crippen molar-refractivity contribution in [1.82, 2.24) is 16.0 Å². The van der Waals surface area contributed by atoms with E-state index >= 15 is 0 Å². The first-order chi connectivity index (χ1) is 7.75. The molecule has 0 aliphatic carbocycles. The molecule has 0 saturated carbocycles. The number of carbonyl (C=O) groups is 1. The average Bonchev–Trinajstić information content (AvgIpc) is 2.22. The van der Waals surface area contributed by atoms with Crippen molar-refractivity contribution in [2.24, 2.45) is 0 Å². The number of benzene rings is 1. The predicted octanol–water partition coefficient (Wildman–Crippen LogP) is 1.22. The summed E-state index contributed by atoms with van der Waals surface area (Å²) in [7, 11) is 0. The van der Waals surface area contributed by atoms with Crippen molar-refractivity contribution in [2.45, 2.75) is 12.6 Å². The van der Waals surface area contributed by atoms with E-state index in [1.165, 1.54) is 0 Å². The lowest BCUT2D eigenvalue weighted by molar-refractivity contribution is 0.231. The summed E-state index contributed by atoms with van der Waals surface area (Å²) in [6, 6.07) is 8.02. The fourth-order valence-electron chi connectivity index (χ4n) is 1.44. The summed E-state index contributed by atoms with van der Waals surface area (Å²) in [6.45, 7) is 2.26. The molecule has 16 heavy (non-hydrogen) atoms. The maximum atomic E-state index is 11.5. The Balaban J connectivity index is 1.78. The Bertz CT molecular complexity index is 379. The Hall–Kier alpha value is -1.07. The van der Waals surface area contributed by atoms with Crippen LogP contribution in [-0.2, 0) is 6.54 Å². The van der Waals surface area contributed by atoms with Gasteiger partial charge in [-0.25, -0.2) is 4.79 Å². The number of urea groups is 1. The van der Waals surface area contributed by atoms with E-state index in [1.54, 1.807) is 0 Å². The van der Waals surface area contributed by atoms with Gasteiger partial charge in [0.1, 0.15) is 0 Å². The first-order valence-corrected chi connectivity index (χ1v) is 6.03. The SMILES string of the molecule is O=C(NCc1ccccc1Br)NC1CNC1. The molecule has 5 heteroatoms. The fourth-order valence-corrected chi connectivity index (χ4v) is 1.87. The molecule has 0 radical (unpaired) electrons. The molecule has 3 N–H and O–H groups in total. The smallest absolute Gasteiger partial charge is 0.315 e. The topological polar surface area (TPSA) is 53.2 Å². The number of amides is 2. The minimum absolute atomic E-state index is 0.109. The number of hydrogen-bond acceptors (Lipinski definition) is 2. The maximum absolute atomic E-state index is 11.5. The number of carbonyl (C=O) groups excluding carboxylic acids is 1. The van der Waals surface area contributed by atoms with Gasteiger partial charge in [-0.05, 0) is 11.6 Å². The minimum atomic E-state index is -0.109. The number of halogens is 1. The van der Waals surface area contributed by atoms with Crippen molar-refractivity contribution in [3.8, 4) is 0 Å². The number of rotatable bonds is 3. The van der Waals surface area contributed by atoms with Crippen LogP contribution in [-0.4, -0.2) is 25.2 Å². The van der Waals surface area contributed by atoms with Gasteiger partial charge in [-0.1, -0.05) is 34.1 Å². The van der Waals surface area contributed by atoms with Crippen molar-refractivity contribution in [1.29, 1.82) is 0 Å². The van der Waals surface area contributed by atoms with Gasteiger partial charge in [-0.2, -0.15) is 0 Å². The van der Waals surface area contributed by atoms with Gasteiger partial charge in [0, 0.05) is 24.1 Å². The highest BCUT2D eigenvalue weighted by molar-refractivity contribution is 9.10. The highest BCUT2D eigenvalue weighted by atomic mass is 79.9. The normalized spacial score (nSPS) is 15.3. The molecule has 0 spiro atoms. The van der Waals surface area contributed by atoms with Crippen LogP contribution in [0.15, 0.2) is 28.7 Å². The molecular weight excluding hydrogens is 270 g/mol. The van der Waals surface area contributed by atoms with E-state index in [1.807, 2.05) is 24.3 Å². The predicted molar refractivity (Wildman–Crippen MR) is 66.2 cm³/mol. The molecule has 1 aliphatic heterocycles. The Kier molecular flexibility index (Phi) is 3.79. The lowest BCUT2D eigenvalue weighted by atomic mass is 10.2. The lowest BCUT2D eigenvalue weighted by Crippen LogP contribution is -2.58. The Labute approximate surface area is 103 Å². The lowest BCUT2D eigenvalue weighted by Gasteiger charge is -2.27. The highest BCUT2D eigenvalue weighted by Gasteiger charge is 2.18. The van der Waals surface area contributed by atoms with E-state index in [2.05, 4.69) is 31.9 Å². The van der Waals surface area contributed by atoms with Crippen LogP contribution in [0.3, 0.4) is 0 Å². The summed E-state index contributed by atoms with van der Waals surface area (Å²) < 4.78 is 1.01. The zero-order valence-electron chi connectivity index (χ0n) is 8.79. The van der Waals surface area contributed by atoms with Gasteiger partial charge in [0.2, 0.25) is 0 Å². The summed E-state index contributed by atoms with van der Waals surface area (Å²) in [4.78, 5) is 11.5. The molecule has 2 amide bonds. The van der Waals surface area contributed by atoms with E-state index < -0.39 is 0 Å². The molecule has 86 valence electrons. The van der Waals surface area contributed by atoms with Crippen LogP contribution in [0.2, 0.25) is 0 Å². The highest BCUT2D eigenvalue weighted by Crippen LogP contribution is 2.15. The molecule has 1 saturated heterocycles. The van der Waals surface area contributed by atoms with E-state index in [9.17, 15) is 4.79 Å². The summed E-state index contributed by atoms with van der Waals surface area (Å²) in [5.74, 6) is 0. The van der Waals surface area contributed by atoms with Crippen LogP contribution in [0, 0.1) is 0 Å². The van der Waals surface area contributed by atoms with Crippen molar-refractivity contribution in [3.05, 3.63) is 34.3 Å². The Morgan fingerprint density at radius 3 is 2.81 bits per heavy atom. The first kappa shape index (κ1) is 11.4. The summed E-state index contributed by atoms with van der Waals surface area (Å²) >= 11 is 3.44. The van der Waals surface area contributed by atoms with E-state index in [4.69, 9.17) is 0 Å². The first-order valence-electron chi connectivity index (χ1n) is 5.24. The second-order valence-corrected chi connectivity index (χ2v) is 4.63. The summed E-state index contributed by atoms with van der Waals surface area (Å²) in [5, 5.41) is 8.81. The van der Waals surface area contributed by atoms with Crippen molar-refractivity contribution < 1.29 is 4.79 Å². The third-order valence-corrected chi connectivity index (χ3v) is 3.29. The van der Waals surface area contributed by atoms with Crippen LogP contribution in [0.25, 0.3) is 0 Å². The van der Waals surface area contributed by atoms with Crippen LogP contribution in [0.1, 0.15) is 5.56 Å². The van der Waals surface area contributed by atoms with Gasteiger partial charge < -0.3 is 16.0 Å². The van der Waals surface area contributed by atoms with Gasteiger partial charge >= 0.3 is 6.03 Å². The molecular formula is C11H14BrN3O. The fraction of sp³-hybridized carbons (Fsp3) is 0.364. The molecule has 0 aromatic heterocycles. The summed E-state index contributed by atoms with van der Waals surface area (Å²) in [5.41, 5.74) is 1.07. The van der Waals surface area contributed by atoms with E-state index in [-0.39, 0.29) is 12.1 Å². The molecule has 0 bridgehead atoms. The molecule has 1 aliphatic rings. The third kappa shape index (κ3) is 2.96. The van der Waals surface area contributed by atoms with Gasteiger partial charge in [-0.15, -0.1) is 0 Å². The maximum Gasteiger partial charge on any atom is 0.315 e. The van der Waals surface area contributed by atoms with Crippen LogP contribution < -0.4 is 16.0 Å². The van der Waals surface area contributed by atoms with Crippen molar-refractivity contribution in [3.63, 3.8) is 0 Å². The summed E-state index contributed by atoms with van der Waals surface area (Å²) in [6.07, 6.45) is 0. The monoisotopic (exact) mass is 283 g/mol. The zero-order chi connectivity index (χ0) is 11.4. The minimum Gasteiger partial charge on any atom is -0.334 e. The average molecular weight is 284 g/mol. The Morgan fingerprint density at radius 1 is 1.44 bits per heavy atom. The molecule has 1 heterocycles. The van der Waals surface area contributed by atoms with Gasteiger partial charge in [-0.3, -0.25) is 0 Å². The van der Waals surface area contributed by atoms with Crippen molar-refractivity contribution in [2.75, 3.05) is 13.1 Å². The molecule has 2 rings (SSSR count). The number of nitrogens with one attached hydrogen (secondary N) is 3. The van der Waals surface area contributed by atoms with Crippen LogP contribution >= 0.6 is 15.9 Å². The zero-order valence-corrected chi connectivity index (χ0v) is 10.4. The molecule has 1 fully saturated rings.